The molecule has 2 N–H and O–H groups in total. The van der Waals surface area contributed by atoms with Gasteiger partial charge in [0.25, 0.3) is 5.91 Å². The first-order chi connectivity index (χ1) is 13.5. The summed E-state index contributed by atoms with van der Waals surface area (Å²) in [5.74, 6) is -1.22. The van der Waals surface area contributed by atoms with E-state index in [9.17, 15) is 14.4 Å². The molecule has 0 aromatic heterocycles. The van der Waals surface area contributed by atoms with Gasteiger partial charge in [0, 0.05) is 10.9 Å². The van der Waals surface area contributed by atoms with E-state index in [1.54, 1.807) is 0 Å². The van der Waals surface area contributed by atoms with Crippen molar-refractivity contribution < 1.29 is 19.1 Å². The molecule has 2 aromatic rings. The number of hydrogen-bond donors (Lipinski definition) is 2. The molecule has 0 saturated carbocycles. The Bertz CT molecular complexity index is 784. The van der Waals surface area contributed by atoms with E-state index in [4.69, 9.17) is 4.74 Å². The highest BCUT2D eigenvalue weighted by molar-refractivity contribution is 8.00. The van der Waals surface area contributed by atoms with Crippen molar-refractivity contribution in [1.29, 1.82) is 0 Å². The topological polar surface area (TPSA) is 84.5 Å². The van der Waals surface area contributed by atoms with Crippen molar-refractivity contribution in [2.24, 2.45) is 0 Å². The number of imide groups is 1. The zero-order valence-electron chi connectivity index (χ0n) is 15.9. The van der Waals surface area contributed by atoms with Gasteiger partial charge in [-0.05, 0) is 31.0 Å². The molecule has 28 heavy (non-hydrogen) atoms. The summed E-state index contributed by atoms with van der Waals surface area (Å²) >= 11 is 1.34. The maximum Gasteiger partial charge on any atom is 0.324 e. The van der Waals surface area contributed by atoms with Crippen LogP contribution in [0.4, 0.5) is 4.79 Å². The van der Waals surface area contributed by atoms with Gasteiger partial charge in [-0.3, -0.25) is 14.9 Å². The molecule has 2 atom stereocenters. The van der Waals surface area contributed by atoms with E-state index in [0.29, 0.717) is 0 Å². The van der Waals surface area contributed by atoms with E-state index >= 15 is 0 Å². The monoisotopic (exact) mass is 400 g/mol. The van der Waals surface area contributed by atoms with Crippen LogP contribution in [0.5, 0.6) is 0 Å². The minimum atomic E-state index is -0.675. The lowest BCUT2D eigenvalue weighted by Crippen LogP contribution is -2.44. The Labute approximate surface area is 169 Å². The third kappa shape index (κ3) is 7.08. The van der Waals surface area contributed by atoms with Gasteiger partial charge in [0.15, 0.2) is 6.61 Å². The number of amides is 3. The quantitative estimate of drug-likeness (QED) is 0.521. The summed E-state index contributed by atoms with van der Waals surface area (Å²) in [6, 6.07) is 18.0. The Hall–Kier alpha value is -2.80. The van der Waals surface area contributed by atoms with Gasteiger partial charge in [-0.15, -0.1) is 11.8 Å². The molecule has 2 rings (SSSR count). The molecule has 0 unspecified atom stereocenters. The van der Waals surface area contributed by atoms with E-state index in [-0.39, 0.29) is 6.04 Å². The van der Waals surface area contributed by atoms with Gasteiger partial charge < -0.3 is 10.1 Å². The highest BCUT2D eigenvalue weighted by Gasteiger charge is 2.24. The minimum absolute atomic E-state index is 0.0555. The van der Waals surface area contributed by atoms with Crippen LogP contribution in [0, 0.1) is 0 Å². The summed E-state index contributed by atoms with van der Waals surface area (Å²) in [6.07, 6.45) is 0.742. The summed E-state index contributed by atoms with van der Waals surface area (Å²) in [5.41, 5.74) is 0.774. The average molecular weight is 401 g/mol. The molecule has 2 aromatic carbocycles. The standard InChI is InChI=1S/C21H24N2O4S/c1-3-15(2)22-21(26)23-18(24)14-27-20(25)19(16-10-6-4-7-11-16)28-17-12-8-5-9-13-17/h4-13,15,19H,3,14H2,1-2H3,(H2,22,23,24,26)/t15-,19+/m0/s1. The summed E-state index contributed by atoms with van der Waals surface area (Å²) in [6.45, 7) is 3.23. The molecule has 0 aliphatic carbocycles. The molecule has 3 amide bonds. The van der Waals surface area contributed by atoms with E-state index in [0.717, 1.165) is 16.9 Å². The van der Waals surface area contributed by atoms with Gasteiger partial charge in [-0.1, -0.05) is 55.5 Å². The first kappa shape index (κ1) is 21.5. The average Bonchev–Trinajstić information content (AvgIpc) is 2.71. The molecule has 7 heteroatoms. The van der Waals surface area contributed by atoms with Crippen LogP contribution in [0.3, 0.4) is 0 Å². The lowest BCUT2D eigenvalue weighted by molar-refractivity contribution is -0.147. The maximum absolute atomic E-state index is 12.6. The van der Waals surface area contributed by atoms with Gasteiger partial charge >= 0.3 is 12.0 Å². The number of carbonyl (C=O) groups excluding carboxylic acids is 3. The van der Waals surface area contributed by atoms with Crippen molar-refractivity contribution >= 4 is 29.7 Å². The summed E-state index contributed by atoms with van der Waals surface area (Å²) in [4.78, 5) is 37.1. The van der Waals surface area contributed by atoms with Crippen molar-refractivity contribution in [3.63, 3.8) is 0 Å². The zero-order chi connectivity index (χ0) is 20.4. The molecule has 148 valence electrons. The molecule has 0 aliphatic rings. The first-order valence-electron chi connectivity index (χ1n) is 9.03. The predicted molar refractivity (Wildman–Crippen MR) is 109 cm³/mol. The predicted octanol–water partition coefficient (Wildman–Crippen LogP) is 3.69. The van der Waals surface area contributed by atoms with Crippen LogP contribution in [0.2, 0.25) is 0 Å². The molecule has 0 radical (unpaired) electrons. The molecule has 0 fully saturated rings. The molecule has 6 nitrogen and oxygen atoms in total. The van der Waals surface area contributed by atoms with E-state index < -0.39 is 29.8 Å². The number of nitrogens with one attached hydrogen (secondary N) is 2. The van der Waals surface area contributed by atoms with Crippen molar-refractivity contribution in [2.75, 3.05) is 6.61 Å². The van der Waals surface area contributed by atoms with Crippen molar-refractivity contribution in [2.45, 2.75) is 36.5 Å². The molecule has 0 saturated heterocycles. The Morgan fingerprint density at radius 2 is 1.61 bits per heavy atom. The van der Waals surface area contributed by atoms with Crippen LogP contribution >= 0.6 is 11.8 Å². The summed E-state index contributed by atoms with van der Waals surface area (Å²) in [7, 11) is 0. The van der Waals surface area contributed by atoms with Gasteiger partial charge in [0.1, 0.15) is 5.25 Å². The Morgan fingerprint density at radius 1 is 1.00 bits per heavy atom. The number of carbonyl (C=O) groups is 3. The Kier molecular flexibility index (Phi) is 8.55. The zero-order valence-corrected chi connectivity index (χ0v) is 16.7. The number of ether oxygens (including phenoxy) is 1. The van der Waals surface area contributed by atoms with Crippen LogP contribution in [0.15, 0.2) is 65.6 Å². The normalized spacial score (nSPS) is 12.5. The lowest BCUT2D eigenvalue weighted by Gasteiger charge is -2.16. The van der Waals surface area contributed by atoms with Crippen LogP contribution in [-0.4, -0.2) is 30.6 Å². The number of thioether (sulfide) groups is 1. The fourth-order valence-corrected chi connectivity index (χ4v) is 3.30. The molecule has 0 heterocycles. The molecular formula is C21H24N2O4S. The van der Waals surface area contributed by atoms with Crippen molar-refractivity contribution in [3.05, 3.63) is 66.2 Å². The minimum Gasteiger partial charge on any atom is -0.454 e. The van der Waals surface area contributed by atoms with E-state index in [1.165, 1.54) is 11.8 Å². The highest BCUT2D eigenvalue weighted by Crippen LogP contribution is 2.36. The van der Waals surface area contributed by atoms with Crippen LogP contribution in [0.25, 0.3) is 0 Å². The largest absolute Gasteiger partial charge is 0.454 e. The third-order valence-electron chi connectivity index (χ3n) is 3.90. The fraction of sp³-hybridized carbons (Fsp3) is 0.286. The van der Waals surface area contributed by atoms with Crippen LogP contribution < -0.4 is 10.6 Å². The van der Waals surface area contributed by atoms with Crippen LogP contribution in [-0.2, 0) is 14.3 Å². The third-order valence-corrected chi connectivity index (χ3v) is 5.15. The van der Waals surface area contributed by atoms with Crippen molar-refractivity contribution in [3.8, 4) is 0 Å². The molecular weight excluding hydrogens is 376 g/mol. The van der Waals surface area contributed by atoms with Gasteiger partial charge in [-0.2, -0.15) is 0 Å². The second kappa shape index (κ2) is 11.1. The van der Waals surface area contributed by atoms with Crippen LogP contribution in [0.1, 0.15) is 31.1 Å². The first-order valence-corrected chi connectivity index (χ1v) is 9.91. The molecule has 0 spiro atoms. The van der Waals surface area contributed by atoms with Gasteiger partial charge in [-0.25, -0.2) is 4.79 Å². The molecule has 0 aliphatic heterocycles. The fourth-order valence-electron chi connectivity index (χ4n) is 2.25. The number of hydrogen-bond acceptors (Lipinski definition) is 5. The Morgan fingerprint density at radius 3 is 2.21 bits per heavy atom. The maximum atomic E-state index is 12.6. The van der Waals surface area contributed by atoms with E-state index in [1.807, 2.05) is 74.5 Å². The number of benzene rings is 2. The number of esters is 1. The number of urea groups is 1. The second-order valence-electron chi connectivity index (χ2n) is 6.16. The summed E-state index contributed by atoms with van der Waals surface area (Å²) < 4.78 is 5.17. The van der Waals surface area contributed by atoms with Gasteiger partial charge in [0.05, 0.1) is 0 Å². The number of rotatable bonds is 8. The van der Waals surface area contributed by atoms with Gasteiger partial charge in [0.2, 0.25) is 0 Å². The SMILES string of the molecule is CC[C@H](C)NC(=O)NC(=O)COC(=O)[C@H](Sc1ccccc1)c1ccccc1. The smallest absolute Gasteiger partial charge is 0.324 e. The Balaban J connectivity index is 1.97. The van der Waals surface area contributed by atoms with Crippen molar-refractivity contribution in [1.82, 2.24) is 10.6 Å². The summed E-state index contributed by atoms with van der Waals surface area (Å²) in [5, 5.41) is 4.15. The van der Waals surface area contributed by atoms with E-state index in [2.05, 4.69) is 10.6 Å². The lowest BCUT2D eigenvalue weighted by atomic mass is 10.1. The second-order valence-corrected chi connectivity index (χ2v) is 7.34. The molecule has 0 bridgehead atoms. The highest BCUT2D eigenvalue weighted by atomic mass is 32.2.